The van der Waals surface area contributed by atoms with Crippen LogP contribution >= 0.6 is 0 Å². The van der Waals surface area contributed by atoms with Gasteiger partial charge < -0.3 is 9.26 Å². The smallest absolute Gasteiger partial charge is 0.262 e. The number of carbonyl (C=O) groups is 2. The predicted molar refractivity (Wildman–Crippen MR) is 93.9 cm³/mol. The summed E-state index contributed by atoms with van der Waals surface area (Å²) in [7, 11) is -1.79. The lowest BCUT2D eigenvalue weighted by molar-refractivity contribution is 0.0547. The molecule has 0 fully saturated rings. The highest BCUT2D eigenvalue weighted by Crippen LogP contribution is 2.33. The molecule has 2 amide bonds. The SMILES string of the molecule is COCCc1noc(C(CCS(C)(=O)=O)N2C(=O)c3ccccc3C2=O)n1. The van der Waals surface area contributed by atoms with Crippen molar-refractivity contribution in [3.05, 3.63) is 47.1 Å². The third-order valence-electron chi connectivity index (χ3n) is 4.20. The van der Waals surface area contributed by atoms with Gasteiger partial charge in [0.2, 0.25) is 5.89 Å². The van der Waals surface area contributed by atoms with Gasteiger partial charge >= 0.3 is 0 Å². The van der Waals surface area contributed by atoms with E-state index in [1.165, 1.54) is 7.11 Å². The van der Waals surface area contributed by atoms with E-state index in [0.29, 0.717) is 18.9 Å². The normalized spacial score (nSPS) is 15.3. The highest BCUT2D eigenvalue weighted by Gasteiger charge is 2.42. The molecule has 1 aliphatic heterocycles. The third-order valence-corrected chi connectivity index (χ3v) is 5.18. The Morgan fingerprint density at radius 3 is 2.37 bits per heavy atom. The van der Waals surface area contributed by atoms with Gasteiger partial charge in [0.15, 0.2) is 5.82 Å². The number of hydrogen-bond donors (Lipinski definition) is 0. The molecular formula is C17H19N3O6S. The van der Waals surface area contributed by atoms with E-state index in [1.807, 2.05) is 0 Å². The molecule has 1 unspecified atom stereocenters. The fraction of sp³-hybridized carbons (Fsp3) is 0.412. The van der Waals surface area contributed by atoms with E-state index in [-0.39, 0.29) is 29.2 Å². The van der Waals surface area contributed by atoms with Crippen LogP contribution in [0.1, 0.15) is 44.9 Å². The molecule has 9 nitrogen and oxygen atoms in total. The first-order valence-electron chi connectivity index (χ1n) is 8.28. The number of ether oxygens (including phenoxy) is 1. The second-order valence-electron chi connectivity index (χ2n) is 6.25. The van der Waals surface area contributed by atoms with Gasteiger partial charge in [-0.3, -0.25) is 14.5 Å². The van der Waals surface area contributed by atoms with Crippen LogP contribution in [0, 0.1) is 0 Å². The number of methoxy groups -OCH3 is 1. The number of nitrogens with zero attached hydrogens (tertiary/aromatic N) is 3. The molecule has 0 spiro atoms. The first-order chi connectivity index (χ1) is 12.8. The van der Waals surface area contributed by atoms with Crippen molar-refractivity contribution in [2.75, 3.05) is 25.7 Å². The lowest BCUT2D eigenvalue weighted by Gasteiger charge is -2.22. The zero-order valence-electron chi connectivity index (χ0n) is 14.9. The van der Waals surface area contributed by atoms with Crippen molar-refractivity contribution in [1.29, 1.82) is 0 Å². The Labute approximate surface area is 156 Å². The van der Waals surface area contributed by atoms with Gasteiger partial charge in [0, 0.05) is 19.8 Å². The lowest BCUT2D eigenvalue weighted by atomic mass is 10.1. The zero-order valence-corrected chi connectivity index (χ0v) is 15.7. The molecule has 2 aromatic rings. The molecule has 0 saturated carbocycles. The van der Waals surface area contributed by atoms with Crippen LogP contribution in [0.15, 0.2) is 28.8 Å². The second-order valence-corrected chi connectivity index (χ2v) is 8.51. The Morgan fingerprint density at radius 2 is 1.81 bits per heavy atom. The van der Waals surface area contributed by atoms with Crippen molar-refractivity contribution in [3.63, 3.8) is 0 Å². The summed E-state index contributed by atoms with van der Waals surface area (Å²) in [6.45, 7) is 0.375. The highest BCUT2D eigenvalue weighted by atomic mass is 32.2. The van der Waals surface area contributed by atoms with Crippen LogP contribution in [0.3, 0.4) is 0 Å². The first kappa shape index (κ1) is 19.2. The molecule has 3 rings (SSSR count). The number of sulfone groups is 1. The van der Waals surface area contributed by atoms with E-state index in [4.69, 9.17) is 9.26 Å². The summed E-state index contributed by atoms with van der Waals surface area (Å²) in [5.74, 6) is -0.871. The maximum Gasteiger partial charge on any atom is 0.262 e. The molecule has 1 aliphatic rings. The molecule has 0 radical (unpaired) electrons. The summed E-state index contributed by atoms with van der Waals surface area (Å²) in [6.07, 6.45) is 1.45. The van der Waals surface area contributed by atoms with E-state index < -0.39 is 27.7 Å². The number of hydrogen-bond acceptors (Lipinski definition) is 8. The molecule has 10 heteroatoms. The van der Waals surface area contributed by atoms with Crippen LogP contribution < -0.4 is 0 Å². The van der Waals surface area contributed by atoms with Crippen LogP contribution in [0.25, 0.3) is 0 Å². The number of benzene rings is 1. The Kier molecular flexibility index (Phi) is 5.38. The molecule has 1 aromatic carbocycles. The van der Waals surface area contributed by atoms with Crippen molar-refractivity contribution in [3.8, 4) is 0 Å². The van der Waals surface area contributed by atoms with Gasteiger partial charge in [-0.25, -0.2) is 8.42 Å². The van der Waals surface area contributed by atoms with Crippen LogP contribution in [-0.2, 0) is 21.0 Å². The number of fused-ring (bicyclic) bond motifs is 1. The highest BCUT2D eigenvalue weighted by molar-refractivity contribution is 7.90. The molecule has 1 aromatic heterocycles. The first-order valence-corrected chi connectivity index (χ1v) is 10.3. The number of imide groups is 1. The summed E-state index contributed by atoms with van der Waals surface area (Å²) < 4.78 is 33.5. The summed E-state index contributed by atoms with van der Waals surface area (Å²) in [5, 5.41) is 3.82. The van der Waals surface area contributed by atoms with E-state index in [1.54, 1.807) is 24.3 Å². The molecule has 0 N–H and O–H groups in total. The Morgan fingerprint density at radius 1 is 1.19 bits per heavy atom. The molecule has 1 atom stereocenters. The van der Waals surface area contributed by atoms with E-state index >= 15 is 0 Å². The number of carbonyl (C=O) groups excluding carboxylic acids is 2. The van der Waals surface area contributed by atoms with Crippen molar-refractivity contribution in [2.45, 2.75) is 18.9 Å². The Balaban J connectivity index is 1.94. The molecule has 0 aliphatic carbocycles. The number of amides is 2. The van der Waals surface area contributed by atoms with Gasteiger partial charge in [0.05, 0.1) is 23.5 Å². The van der Waals surface area contributed by atoms with Crippen LogP contribution in [-0.4, -0.2) is 61.0 Å². The standard InChI is InChI=1S/C17H19N3O6S/c1-25-9-7-14-18-15(26-19-14)13(8-10-27(2,23)24)20-16(21)11-5-3-4-6-12(11)17(20)22/h3-6,13H,7-10H2,1-2H3. The summed E-state index contributed by atoms with van der Waals surface area (Å²) in [6, 6.07) is 5.47. The Bertz CT molecular complexity index is 934. The van der Waals surface area contributed by atoms with Crippen molar-refractivity contribution >= 4 is 21.7 Å². The molecule has 0 saturated heterocycles. The van der Waals surface area contributed by atoms with Crippen LogP contribution in [0.5, 0.6) is 0 Å². The van der Waals surface area contributed by atoms with Crippen LogP contribution in [0.2, 0.25) is 0 Å². The van der Waals surface area contributed by atoms with Gasteiger partial charge in [0.25, 0.3) is 11.8 Å². The van der Waals surface area contributed by atoms with Gasteiger partial charge in [-0.15, -0.1) is 0 Å². The quantitative estimate of drug-likeness (QED) is 0.610. The monoisotopic (exact) mass is 393 g/mol. The minimum atomic E-state index is -3.33. The van der Waals surface area contributed by atoms with E-state index in [0.717, 1.165) is 11.2 Å². The second kappa shape index (κ2) is 7.57. The molecule has 27 heavy (non-hydrogen) atoms. The molecular weight excluding hydrogens is 374 g/mol. The maximum atomic E-state index is 12.8. The molecule has 2 heterocycles. The van der Waals surface area contributed by atoms with Gasteiger partial charge in [0.1, 0.15) is 15.9 Å². The predicted octanol–water partition coefficient (Wildman–Crippen LogP) is 1.03. The number of rotatable bonds is 8. The van der Waals surface area contributed by atoms with Crippen molar-refractivity contribution in [1.82, 2.24) is 15.0 Å². The maximum absolute atomic E-state index is 12.8. The average molecular weight is 393 g/mol. The summed E-state index contributed by atoms with van der Waals surface area (Å²) >= 11 is 0. The van der Waals surface area contributed by atoms with Gasteiger partial charge in [-0.2, -0.15) is 4.98 Å². The summed E-state index contributed by atoms with van der Waals surface area (Å²) in [5.41, 5.74) is 0.539. The van der Waals surface area contributed by atoms with Crippen LogP contribution in [0.4, 0.5) is 0 Å². The fourth-order valence-corrected chi connectivity index (χ4v) is 3.53. The zero-order chi connectivity index (χ0) is 19.6. The topological polar surface area (TPSA) is 120 Å². The minimum Gasteiger partial charge on any atom is -0.384 e. The van der Waals surface area contributed by atoms with E-state index in [2.05, 4.69) is 10.1 Å². The fourth-order valence-electron chi connectivity index (χ4n) is 2.88. The average Bonchev–Trinajstić information content (AvgIpc) is 3.18. The third kappa shape index (κ3) is 4.06. The Hall–Kier alpha value is -2.59. The van der Waals surface area contributed by atoms with Crippen molar-refractivity contribution in [2.24, 2.45) is 0 Å². The number of aromatic nitrogens is 2. The summed E-state index contributed by atoms with van der Waals surface area (Å²) in [4.78, 5) is 30.8. The van der Waals surface area contributed by atoms with Gasteiger partial charge in [-0.05, 0) is 18.6 Å². The lowest BCUT2D eigenvalue weighted by Crippen LogP contribution is -2.35. The largest absolute Gasteiger partial charge is 0.384 e. The molecule has 0 bridgehead atoms. The van der Waals surface area contributed by atoms with E-state index in [9.17, 15) is 18.0 Å². The molecule has 144 valence electrons. The van der Waals surface area contributed by atoms with Crippen molar-refractivity contribution < 1.29 is 27.3 Å². The van der Waals surface area contributed by atoms with Gasteiger partial charge in [-0.1, -0.05) is 17.3 Å². The minimum absolute atomic E-state index is 0.0271.